The molecule has 0 radical (unpaired) electrons. The average molecular weight is 296 g/mol. The van der Waals surface area contributed by atoms with Gasteiger partial charge in [-0.05, 0) is 24.6 Å². The molecule has 2 aromatic rings. The summed E-state index contributed by atoms with van der Waals surface area (Å²) in [5, 5.41) is 6.77. The van der Waals surface area contributed by atoms with Crippen LogP contribution >= 0.6 is 0 Å². The third-order valence-electron chi connectivity index (χ3n) is 4.21. The lowest BCUT2D eigenvalue weighted by Gasteiger charge is -2.33. The molecule has 0 N–H and O–H groups in total. The van der Waals surface area contributed by atoms with Crippen molar-refractivity contribution in [1.82, 2.24) is 14.5 Å². The maximum absolute atomic E-state index is 4.60. The van der Waals surface area contributed by atoms with Crippen LogP contribution in [-0.2, 0) is 13.6 Å². The number of hydrogen-bond donors (Lipinski definition) is 0. The van der Waals surface area contributed by atoms with Gasteiger partial charge in [0, 0.05) is 46.0 Å². The predicted molar refractivity (Wildman–Crippen MR) is 91.0 cm³/mol. The molecular formula is C18H24N4. The molecule has 0 amide bonds. The van der Waals surface area contributed by atoms with Crippen LogP contribution in [-0.4, -0.2) is 46.9 Å². The van der Waals surface area contributed by atoms with Gasteiger partial charge in [-0.15, -0.1) is 0 Å². The number of aromatic nitrogens is 1. The molecule has 1 saturated heterocycles. The smallest absolute Gasteiger partial charge is 0.0707 e. The van der Waals surface area contributed by atoms with E-state index in [1.807, 2.05) is 25.5 Å². The molecule has 116 valence electrons. The fourth-order valence-corrected chi connectivity index (χ4v) is 2.71. The van der Waals surface area contributed by atoms with Crippen LogP contribution in [0.15, 0.2) is 47.7 Å². The molecule has 22 heavy (non-hydrogen) atoms. The number of hydrazone groups is 1. The Balaban J connectivity index is 1.49. The number of piperazine rings is 1. The molecule has 4 nitrogen and oxygen atoms in total. The largest absolute Gasteiger partial charge is 0.350 e. The number of benzene rings is 1. The minimum Gasteiger partial charge on any atom is -0.350 e. The van der Waals surface area contributed by atoms with Crippen molar-refractivity contribution < 1.29 is 0 Å². The summed E-state index contributed by atoms with van der Waals surface area (Å²) in [5.41, 5.74) is 3.86. The first-order valence-corrected chi connectivity index (χ1v) is 7.89. The number of rotatable bonds is 4. The van der Waals surface area contributed by atoms with Crippen LogP contribution in [0.3, 0.4) is 0 Å². The lowest BCUT2D eigenvalue weighted by molar-refractivity contribution is 0.131. The lowest BCUT2D eigenvalue weighted by atomic mass is 10.1. The lowest BCUT2D eigenvalue weighted by Crippen LogP contribution is -2.43. The van der Waals surface area contributed by atoms with Gasteiger partial charge in [-0.2, -0.15) is 5.10 Å². The van der Waals surface area contributed by atoms with E-state index in [1.54, 1.807) is 0 Å². The summed E-state index contributed by atoms with van der Waals surface area (Å²) >= 11 is 0. The van der Waals surface area contributed by atoms with Crippen molar-refractivity contribution in [2.45, 2.75) is 13.5 Å². The second kappa shape index (κ2) is 6.79. The SMILES string of the molecule is Cc1ccc(CN2CCN(/N=C/c3cccn3C)CC2)cc1. The summed E-state index contributed by atoms with van der Waals surface area (Å²) in [6.45, 7) is 7.29. The molecule has 1 fully saturated rings. The van der Waals surface area contributed by atoms with Gasteiger partial charge in [0.2, 0.25) is 0 Å². The van der Waals surface area contributed by atoms with Crippen LogP contribution in [0.25, 0.3) is 0 Å². The number of hydrogen-bond acceptors (Lipinski definition) is 3. The standard InChI is InChI=1S/C18H24N4/c1-16-5-7-17(8-6-16)15-21-10-12-22(13-11-21)19-14-18-4-3-9-20(18)2/h3-9,14H,10-13,15H2,1-2H3/b19-14+. The zero-order valence-electron chi connectivity index (χ0n) is 13.4. The van der Waals surface area contributed by atoms with E-state index in [0.717, 1.165) is 38.4 Å². The van der Waals surface area contributed by atoms with Crippen LogP contribution in [0.2, 0.25) is 0 Å². The van der Waals surface area contributed by atoms with E-state index in [2.05, 4.69) is 56.8 Å². The highest BCUT2D eigenvalue weighted by Gasteiger charge is 2.15. The van der Waals surface area contributed by atoms with Gasteiger partial charge in [0.15, 0.2) is 0 Å². The van der Waals surface area contributed by atoms with Crippen LogP contribution in [0.1, 0.15) is 16.8 Å². The zero-order valence-corrected chi connectivity index (χ0v) is 13.4. The Hall–Kier alpha value is -2.07. The summed E-state index contributed by atoms with van der Waals surface area (Å²) in [6.07, 6.45) is 4.00. The Morgan fingerprint density at radius 3 is 2.41 bits per heavy atom. The Bertz CT molecular complexity index is 619. The molecule has 1 aromatic carbocycles. The molecule has 3 rings (SSSR count). The van der Waals surface area contributed by atoms with Gasteiger partial charge in [-0.3, -0.25) is 9.91 Å². The Morgan fingerprint density at radius 2 is 1.77 bits per heavy atom. The van der Waals surface area contributed by atoms with Gasteiger partial charge in [0.1, 0.15) is 0 Å². The van der Waals surface area contributed by atoms with Gasteiger partial charge in [0.05, 0.1) is 11.9 Å². The normalized spacial score (nSPS) is 16.5. The summed E-state index contributed by atoms with van der Waals surface area (Å²) in [4.78, 5) is 2.50. The third-order valence-corrected chi connectivity index (χ3v) is 4.21. The van der Waals surface area contributed by atoms with Crippen LogP contribution < -0.4 is 0 Å². The van der Waals surface area contributed by atoms with E-state index in [-0.39, 0.29) is 0 Å². The second-order valence-electron chi connectivity index (χ2n) is 6.00. The van der Waals surface area contributed by atoms with E-state index in [0.29, 0.717) is 0 Å². The summed E-state index contributed by atoms with van der Waals surface area (Å²) in [5.74, 6) is 0. The van der Waals surface area contributed by atoms with Crippen molar-refractivity contribution in [2.75, 3.05) is 26.2 Å². The van der Waals surface area contributed by atoms with Gasteiger partial charge in [-0.25, -0.2) is 0 Å². The van der Waals surface area contributed by atoms with Gasteiger partial charge in [0.25, 0.3) is 0 Å². The highest BCUT2D eigenvalue weighted by molar-refractivity contribution is 5.77. The van der Waals surface area contributed by atoms with E-state index >= 15 is 0 Å². The van der Waals surface area contributed by atoms with Crippen LogP contribution in [0, 0.1) is 6.92 Å². The van der Waals surface area contributed by atoms with Gasteiger partial charge >= 0.3 is 0 Å². The molecule has 0 spiro atoms. The minimum atomic E-state index is 0.993. The maximum atomic E-state index is 4.60. The molecule has 1 aliphatic heterocycles. The fourth-order valence-electron chi connectivity index (χ4n) is 2.71. The number of aryl methyl sites for hydroxylation is 2. The summed E-state index contributed by atoms with van der Waals surface area (Å²) < 4.78 is 2.08. The predicted octanol–water partition coefficient (Wildman–Crippen LogP) is 2.49. The van der Waals surface area contributed by atoms with E-state index in [1.165, 1.54) is 11.1 Å². The van der Waals surface area contributed by atoms with E-state index in [4.69, 9.17) is 0 Å². The minimum absolute atomic E-state index is 0.993. The molecule has 0 bridgehead atoms. The van der Waals surface area contributed by atoms with Crippen LogP contribution in [0.5, 0.6) is 0 Å². The summed E-state index contributed by atoms with van der Waals surface area (Å²) in [7, 11) is 2.04. The Kier molecular flexibility index (Phi) is 4.59. The molecular weight excluding hydrogens is 272 g/mol. The van der Waals surface area contributed by atoms with Crippen molar-refractivity contribution in [3.05, 3.63) is 59.4 Å². The first-order valence-electron chi connectivity index (χ1n) is 7.89. The molecule has 4 heteroatoms. The average Bonchev–Trinajstić information content (AvgIpc) is 2.94. The van der Waals surface area contributed by atoms with Crippen molar-refractivity contribution in [1.29, 1.82) is 0 Å². The van der Waals surface area contributed by atoms with Crippen LogP contribution in [0.4, 0.5) is 0 Å². The molecule has 2 heterocycles. The highest BCUT2D eigenvalue weighted by atomic mass is 15.5. The van der Waals surface area contributed by atoms with Crippen molar-refractivity contribution in [3.8, 4) is 0 Å². The zero-order chi connectivity index (χ0) is 15.4. The highest BCUT2D eigenvalue weighted by Crippen LogP contribution is 2.10. The fraction of sp³-hybridized carbons (Fsp3) is 0.389. The van der Waals surface area contributed by atoms with Gasteiger partial charge < -0.3 is 4.57 Å². The first kappa shape index (κ1) is 14.9. The first-order chi connectivity index (χ1) is 10.7. The molecule has 0 atom stereocenters. The second-order valence-corrected chi connectivity index (χ2v) is 6.00. The molecule has 0 aliphatic carbocycles. The molecule has 1 aromatic heterocycles. The topological polar surface area (TPSA) is 23.8 Å². The van der Waals surface area contributed by atoms with E-state index in [9.17, 15) is 0 Å². The Labute approximate surface area is 132 Å². The van der Waals surface area contributed by atoms with Gasteiger partial charge in [-0.1, -0.05) is 29.8 Å². The third kappa shape index (κ3) is 3.77. The molecule has 0 unspecified atom stereocenters. The maximum Gasteiger partial charge on any atom is 0.0707 e. The molecule has 0 saturated carbocycles. The Morgan fingerprint density at radius 1 is 1.05 bits per heavy atom. The van der Waals surface area contributed by atoms with Crippen molar-refractivity contribution >= 4 is 6.21 Å². The summed E-state index contributed by atoms with van der Waals surface area (Å²) in [6, 6.07) is 13.0. The van der Waals surface area contributed by atoms with Crippen molar-refractivity contribution in [3.63, 3.8) is 0 Å². The van der Waals surface area contributed by atoms with Crippen molar-refractivity contribution in [2.24, 2.45) is 12.1 Å². The quantitative estimate of drug-likeness (QED) is 0.809. The number of nitrogens with zero attached hydrogens (tertiary/aromatic N) is 4. The monoisotopic (exact) mass is 296 g/mol. The molecule has 1 aliphatic rings. The van der Waals surface area contributed by atoms with E-state index < -0.39 is 0 Å².